The van der Waals surface area contributed by atoms with Gasteiger partial charge in [0.25, 0.3) is 0 Å². The summed E-state index contributed by atoms with van der Waals surface area (Å²) < 4.78 is 92.3. The zero-order chi connectivity index (χ0) is 34.0. The number of hydrogen-bond acceptors (Lipinski definition) is 3. The van der Waals surface area contributed by atoms with Crippen LogP contribution in [0, 0.1) is 96.6 Å². The molecule has 1 aliphatic rings. The topological polar surface area (TPSA) is 71.4 Å². The van der Waals surface area contributed by atoms with Gasteiger partial charge in [-0.1, -0.05) is 0 Å². The lowest BCUT2D eigenvalue weighted by molar-refractivity contribution is 0.578. The molecule has 5 atom stereocenters. The average Bonchev–Trinajstić information content (AvgIpc) is 3.74. The molecular formula is C31H22F6N3P5. The van der Waals surface area contributed by atoms with Crippen LogP contribution in [0.15, 0.2) is 16.7 Å². The largest absolute Gasteiger partial charge is 0.206 e. The highest BCUT2D eigenvalue weighted by atomic mass is 31.0. The summed E-state index contributed by atoms with van der Waals surface area (Å²) in [4.78, 5) is 0. The molecule has 45 heavy (non-hydrogen) atoms. The van der Waals surface area contributed by atoms with Gasteiger partial charge in [-0.3, -0.25) is 0 Å². The molecule has 1 aliphatic carbocycles. The van der Waals surface area contributed by atoms with Crippen LogP contribution in [0.5, 0.6) is 0 Å². The fourth-order valence-corrected chi connectivity index (χ4v) is 7.51. The number of rotatable bonds is 3. The van der Waals surface area contributed by atoms with Crippen LogP contribution >= 0.6 is 46.2 Å². The van der Waals surface area contributed by atoms with Crippen LogP contribution in [-0.2, 0) is 0 Å². The Morgan fingerprint density at radius 3 is 1.09 bits per heavy atom. The van der Waals surface area contributed by atoms with Crippen molar-refractivity contribution in [2.75, 3.05) is 0 Å². The van der Waals surface area contributed by atoms with Crippen molar-refractivity contribution < 1.29 is 26.3 Å². The number of benzene rings is 3. The van der Waals surface area contributed by atoms with Crippen molar-refractivity contribution in [1.82, 2.24) is 0 Å². The normalized spacial score (nSPS) is 15.7. The molecule has 0 heterocycles. The first-order valence-corrected chi connectivity index (χ1v) is 15.6. The molecule has 0 amide bonds. The Labute approximate surface area is 267 Å². The second kappa shape index (κ2) is 12.7. The van der Waals surface area contributed by atoms with E-state index < -0.39 is 62.7 Å². The monoisotopic (exact) mass is 705 g/mol. The van der Waals surface area contributed by atoms with Gasteiger partial charge in [0.15, 0.2) is 0 Å². The molecule has 0 radical (unpaired) electrons. The predicted molar refractivity (Wildman–Crippen MR) is 182 cm³/mol. The van der Waals surface area contributed by atoms with E-state index in [-0.39, 0.29) is 71.1 Å². The lowest BCUT2D eigenvalue weighted by atomic mass is 9.97. The molecule has 0 bridgehead atoms. The molecule has 0 spiro atoms. The van der Waals surface area contributed by atoms with Gasteiger partial charge in [0.1, 0.15) is 53.1 Å². The van der Waals surface area contributed by atoms with Crippen molar-refractivity contribution >= 4 is 89.4 Å². The fraction of sp³-hybridized carbons (Fsp3) is 0.129. The van der Waals surface area contributed by atoms with E-state index in [1.54, 1.807) is 0 Å². The summed E-state index contributed by atoms with van der Waals surface area (Å²) in [5.74, 6) is -5.66. The van der Waals surface area contributed by atoms with Crippen molar-refractivity contribution in [2.24, 2.45) is 0 Å². The van der Waals surface area contributed by atoms with E-state index in [2.05, 4.69) is 27.7 Å². The summed E-state index contributed by atoms with van der Waals surface area (Å²) in [6.07, 6.45) is 0. The Balaban J connectivity index is 2.36. The third-order valence-corrected chi connectivity index (χ3v) is 10.7. The Morgan fingerprint density at radius 2 is 0.689 bits per heavy atom. The summed E-state index contributed by atoms with van der Waals surface area (Å²) in [6, 6.07) is 5.49. The molecule has 0 aromatic heterocycles. The van der Waals surface area contributed by atoms with Crippen LogP contribution < -0.4 is 26.5 Å². The van der Waals surface area contributed by atoms with Crippen LogP contribution in [0.4, 0.5) is 26.3 Å². The van der Waals surface area contributed by atoms with Gasteiger partial charge in [0.2, 0.25) is 0 Å². The molecule has 4 rings (SSSR count). The van der Waals surface area contributed by atoms with Gasteiger partial charge in [0, 0.05) is 65.5 Å². The van der Waals surface area contributed by atoms with Crippen molar-refractivity contribution in [3.63, 3.8) is 0 Å². The van der Waals surface area contributed by atoms with Crippen molar-refractivity contribution in [1.29, 1.82) is 15.8 Å². The van der Waals surface area contributed by atoms with Crippen LogP contribution in [0.25, 0.3) is 16.7 Å². The minimum absolute atomic E-state index is 0.0231. The van der Waals surface area contributed by atoms with Gasteiger partial charge in [-0.25, -0.2) is 26.3 Å². The van der Waals surface area contributed by atoms with Gasteiger partial charge in [0.05, 0.1) is 16.7 Å². The minimum Gasteiger partial charge on any atom is -0.206 e. The molecule has 14 heteroatoms. The summed E-state index contributed by atoms with van der Waals surface area (Å²) in [5, 5.41) is 29.8. The van der Waals surface area contributed by atoms with E-state index in [0.29, 0.717) is 0 Å². The molecule has 0 aliphatic heterocycles. The van der Waals surface area contributed by atoms with Crippen molar-refractivity contribution in [3.05, 3.63) is 90.6 Å². The predicted octanol–water partition coefficient (Wildman–Crippen LogP) is 5.50. The molecule has 3 aromatic carbocycles. The average molecular weight is 705 g/mol. The number of allylic oxidation sites excluding steroid dienone is 6. The zero-order valence-corrected chi connectivity index (χ0v) is 29.8. The Kier molecular flexibility index (Phi) is 9.86. The molecule has 1 fully saturated rings. The minimum atomic E-state index is -1.00. The van der Waals surface area contributed by atoms with E-state index in [1.807, 2.05) is 36.7 Å². The van der Waals surface area contributed by atoms with Gasteiger partial charge < -0.3 is 0 Å². The second-order valence-corrected chi connectivity index (χ2v) is 13.0. The Morgan fingerprint density at radius 1 is 0.400 bits per heavy atom. The Hall–Kier alpha value is -2.92. The third-order valence-electron chi connectivity index (χ3n) is 7.83. The van der Waals surface area contributed by atoms with Crippen LogP contribution in [-0.4, -0.2) is 0 Å². The molecule has 5 unspecified atom stereocenters. The first-order chi connectivity index (χ1) is 21.0. The molecule has 3 aromatic rings. The highest BCUT2D eigenvalue weighted by Gasteiger charge is 2.44. The third kappa shape index (κ3) is 5.27. The number of hydrogen-bond donors (Lipinski definition) is 0. The molecule has 1 saturated carbocycles. The summed E-state index contributed by atoms with van der Waals surface area (Å²) in [5.41, 5.74) is -4.11. The Bertz CT molecular complexity index is 1810. The van der Waals surface area contributed by atoms with Crippen LogP contribution in [0.3, 0.4) is 0 Å². The SMILES string of the molecule is Cc1c(C)c(F)c(/C(C#N)=C2/C(=C(C#N)c3c(F)c(P)c(C)c(F)c3P)/C2=C(/C#N)c2c(P)c(F)c(C)c(F)c2P)c(P)c1F. The lowest BCUT2D eigenvalue weighted by Gasteiger charge is -2.13. The standard InChI is InChI=1S/C31H22F6N3P5/c1-8-9(2)22(33)28(42)18(21(8)32)12(5-38)15-16(13(6-39)19-26(37)27(41)11(4)25(36)29(19)43)17(15)14(7-40)20-30(44)23(34)10(3)24(35)31(20)45/h41-45H2,1-4H3/b15-12-,16-13?,17-14-. The molecular weight excluding hydrogens is 683 g/mol. The van der Waals surface area contributed by atoms with E-state index in [4.69, 9.17) is 0 Å². The lowest BCUT2D eigenvalue weighted by Crippen LogP contribution is -2.21. The van der Waals surface area contributed by atoms with Gasteiger partial charge >= 0.3 is 0 Å². The highest BCUT2D eigenvalue weighted by molar-refractivity contribution is 7.30. The van der Waals surface area contributed by atoms with E-state index >= 15 is 26.3 Å². The first kappa shape index (κ1) is 34.9. The first-order valence-electron chi connectivity index (χ1n) is 12.7. The van der Waals surface area contributed by atoms with Crippen molar-refractivity contribution in [2.45, 2.75) is 27.7 Å². The maximum absolute atomic E-state index is 15.8. The summed E-state index contributed by atoms with van der Waals surface area (Å²) in [6.45, 7) is 5.16. The van der Waals surface area contributed by atoms with Gasteiger partial charge in [-0.15, -0.1) is 46.2 Å². The van der Waals surface area contributed by atoms with E-state index in [1.165, 1.54) is 27.7 Å². The molecule has 0 saturated heterocycles. The summed E-state index contributed by atoms with van der Waals surface area (Å²) in [7, 11) is 10.3. The smallest absolute Gasteiger partial charge is 0.139 e. The maximum Gasteiger partial charge on any atom is 0.139 e. The molecule has 228 valence electrons. The van der Waals surface area contributed by atoms with Crippen molar-refractivity contribution in [3.8, 4) is 18.2 Å². The number of nitrogens with zero attached hydrogens (tertiary/aromatic N) is 3. The molecule has 3 nitrogen and oxygen atoms in total. The second-order valence-electron chi connectivity index (χ2n) is 10.2. The van der Waals surface area contributed by atoms with E-state index in [9.17, 15) is 15.8 Å². The quantitative estimate of drug-likeness (QED) is 0.206. The van der Waals surface area contributed by atoms with Crippen LogP contribution in [0.2, 0.25) is 0 Å². The van der Waals surface area contributed by atoms with Gasteiger partial charge in [-0.2, -0.15) is 15.8 Å². The summed E-state index contributed by atoms with van der Waals surface area (Å²) >= 11 is 0. The highest BCUT2D eigenvalue weighted by Crippen LogP contribution is 2.56. The number of nitriles is 3. The zero-order valence-electron chi connectivity index (χ0n) is 24.0. The van der Waals surface area contributed by atoms with E-state index in [0.717, 1.165) is 0 Å². The van der Waals surface area contributed by atoms with Gasteiger partial charge in [-0.05, 0) is 44.4 Å². The maximum atomic E-state index is 15.8. The molecule has 0 N–H and O–H groups in total. The van der Waals surface area contributed by atoms with Crippen LogP contribution in [0.1, 0.15) is 38.9 Å². The number of halogens is 6. The fourth-order valence-electron chi connectivity index (χ4n) is 5.07.